The van der Waals surface area contributed by atoms with Gasteiger partial charge in [0.05, 0.1) is 0 Å². The van der Waals surface area contributed by atoms with Gasteiger partial charge in [0.25, 0.3) is 0 Å². The highest BCUT2D eigenvalue weighted by atomic mass is 14.9. The van der Waals surface area contributed by atoms with Crippen LogP contribution in [-0.4, -0.2) is 4.98 Å². The molecule has 1 heterocycles. The molecule has 0 fully saturated rings. The molecular formula is C18H24N2. The van der Waals surface area contributed by atoms with Gasteiger partial charge in [-0.3, -0.25) is 4.98 Å². The van der Waals surface area contributed by atoms with E-state index < -0.39 is 0 Å². The molecule has 0 bridgehead atoms. The van der Waals surface area contributed by atoms with Gasteiger partial charge in [-0.15, -0.1) is 0 Å². The molecule has 0 spiro atoms. The van der Waals surface area contributed by atoms with Crippen molar-refractivity contribution in [3.05, 3.63) is 65.5 Å². The van der Waals surface area contributed by atoms with Gasteiger partial charge in [-0.2, -0.15) is 0 Å². The molecule has 0 amide bonds. The fourth-order valence-corrected chi connectivity index (χ4v) is 2.31. The third kappa shape index (κ3) is 4.46. The third-order valence-electron chi connectivity index (χ3n) is 3.46. The summed E-state index contributed by atoms with van der Waals surface area (Å²) in [6.07, 6.45) is 4.86. The minimum Gasteiger partial charge on any atom is -0.306 e. The SMILES string of the molecule is CC(C)Cc1ccc(C(C)NCc2cccnc2)cc1. The normalized spacial score (nSPS) is 12.6. The smallest absolute Gasteiger partial charge is 0.0312 e. The molecule has 1 aromatic carbocycles. The van der Waals surface area contributed by atoms with E-state index in [1.165, 1.54) is 16.7 Å². The van der Waals surface area contributed by atoms with E-state index in [2.05, 4.69) is 61.4 Å². The van der Waals surface area contributed by atoms with Crippen molar-refractivity contribution in [2.75, 3.05) is 0 Å². The standard InChI is InChI=1S/C18H24N2/c1-14(2)11-16-6-8-18(9-7-16)15(3)20-13-17-5-4-10-19-12-17/h4-10,12,14-15,20H,11,13H2,1-3H3. The van der Waals surface area contributed by atoms with Gasteiger partial charge in [-0.1, -0.05) is 44.2 Å². The molecule has 1 atom stereocenters. The topological polar surface area (TPSA) is 24.9 Å². The van der Waals surface area contributed by atoms with Crippen molar-refractivity contribution in [1.82, 2.24) is 10.3 Å². The largest absolute Gasteiger partial charge is 0.306 e. The van der Waals surface area contributed by atoms with E-state index >= 15 is 0 Å². The van der Waals surface area contributed by atoms with Gasteiger partial charge in [0.1, 0.15) is 0 Å². The molecule has 2 aromatic rings. The van der Waals surface area contributed by atoms with Crippen LogP contribution in [0.5, 0.6) is 0 Å². The summed E-state index contributed by atoms with van der Waals surface area (Å²) in [5.41, 5.74) is 3.97. The highest BCUT2D eigenvalue weighted by molar-refractivity contribution is 5.25. The quantitative estimate of drug-likeness (QED) is 0.852. The first-order valence-corrected chi connectivity index (χ1v) is 7.36. The number of benzene rings is 1. The lowest BCUT2D eigenvalue weighted by atomic mass is 10.00. The first-order chi connectivity index (χ1) is 9.65. The summed E-state index contributed by atoms with van der Waals surface area (Å²) in [7, 11) is 0. The zero-order chi connectivity index (χ0) is 14.4. The average molecular weight is 268 g/mol. The van der Waals surface area contributed by atoms with E-state index in [1.54, 1.807) is 6.20 Å². The second-order valence-corrected chi connectivity index (χ2v) is 5.80. The summed E-state index contributed by atoms with van der Waals surface area (Å²) < 4.78 is 0. The highest BCUT2D eigenvalue weighted by Gasteiger charge is 2.05. The van der Waals surface area contributed by atoms with Gasteiger partial charge < -0.3 is 5.32 Å². The Morgan fingerprint density at radius 2 is 1.75 bits per heavy atom. The molecule has 0 aliphatic rings. The van der Waals surface area contributed by atoms with Crippen LogP contribution in [-0.2, 0) is 13.0 Å². The van der Waals surface area contributed by atoms with Crippen LogP contribution in [0.4, 0.5) is 0 Å². The van der Waals surface area contributed by atoms with E-state index in [4.69, 9.17) is 0 Å². The lowest BCUT2D eigenvalue weighted by Crippen LogP contribution is -2.18. The van der Waals surface area contributed by atoms with Crippen LogP contribution in [0.1, 0.15) is 43.5 Å². The molecule has 2 heteroatoms. The fourth-order valence-electron chi connectivity index (χ4n) is 2.31. The molecule has 0 aliphatic carbocycles. The Bertz CT molecular complexity index is 503. The molecule has 2 rings (SSSR count). The van der Waals surface area contributed by atoms with Crippen molar-refractivity contribution in [1.29, 1.82) is 0 Å². The van der Waals surface area contributed by atoms with Crippen LogP contribution in [0.2, 0.25) is 0 Å². The number of nitrogens with one attached hydrogen (secondary N) is 1. The summed E-state index contributed by atoms with van der Waals surface area (Å²) in [4.78, 5) is 4.13. The molecular weight excluding hydrogens is 244 g/mol. The van der Waals surface area contributed by atoms with Gasteiger partial charge >= 0.3 is 0 Å². The zero-order valence-electron chi connectivity index (χ0n) is 12.6. The summed E-state index contributed by atoms with van der Waals surface area (Å²) in [6.45, 7) is 7.56. The molecule has 1 unspecified atom stereocenters. The van der Waals surface area contributed by atoms with Crippen LogP contribution in [0.15, 0.2) is 48.8 Å². The van der Waals surface area contributed by atoms with Gasteiger partial charge in [-0.25, -0.2) is 0 Å². The van der Waals surface area contributed by atoms with Crippen LogP contribution >= 0.6 is 0 Å². The van der Waals surface area contributed by atoms with Crippen molar-refractivity contribution >= 4 is 0 Å². The fraction of sp³-hybridized carbons (Fsp3) is 0.389. The van der Waals surface area contributed by atoms with E-state index in [1.807, 2.05) is 12.3 Å². The molecule has 0 saturated carbocycles. The van der Waals surface area contributed by atoms with Crippen molar-refractivity contribution in [2.24, 2.45) is 5.92 Å². The molecule has 1 N–H and O–H groups in total. The second-order valence-electron chi connectivity index (χ2n) is 5.80. The van der Waals surface area contributed by atoms with Crippen LogP contribution in [0.3, 0.4) is 0 Å². The number of pyridine rings is 1. The highest BCUT2D eigenvalue weighted by Crippen LogP contribution is 2.16. The van der Waals surface area contributed by atoms with Crippen LogP contribution in [0, 0.1) is 5.92 Å². The minimum atomic E-state index is 0.350. The maximum Gasteiger partial charge on any atom is 0.0312 e. The number of hydrogen-bond donors (Lipinski definition) is 1. The molecule has 0 radical (unpaired) electrons. The summed E-state index contributed by atoms with van der Waals surface area (Å²) >= 11 is 0. The molecule has 2 nitrogen and oxygen atoms in total. The van der Waals surface area contributed by atoms with Gasteiger partial charge in [-0.05, 0) is 42.0 Å². The molecule has 0 saturated heterocycles. The Kier molecular flexibility index (Phi) is 5.31. The zero-order valence-corrected chi connectivity index (χ0v) is 12.6. The maximum absolute atomic E-state index is 4.13. The van der Waals surface area contributed by atoms with Gasteiger partial charge in [0.15, 0.2) is 0 Å². The Labute approximate surface area is 122 Å². The van der Waals surface area contributed by atoms with Crippen LogP contribution < -0.4 is 5.32 Å². The monoisotopic (exact) mass is 268 g/mol. The first kappa shape index (κ1) is 14.7. The summed E-state index contributed by atoms with van der Waals surface area (Å²) in [5.74, 6) is 0.710. The molecule has 106 valence electrons. The van der Waals surface area contributed by atoms with E-state index in [-0.39, 0.29) is 0 Å². The first-order valence-electron chi connectivity index (χ1n) is 7.36. The number of aromatic nitrogens is 1. The lowest BCUT2D eigenvalue weighted by Gasteiger charge is -2.15. The molecule has 1 aromatic heterocycles. The van der Waals surface area contributed by atoms with E-state index in [0.717, 1.165) is 13.0 Å². The van der Waals surface area contributed by atoms with Crippen molar-refractivity contribution in [3.8, 4) is 0 Å². The second kappa shape index (κ2) is 7.20. The Morgan fingerprint density at radius 3 is 2.35 bits per heavy atom. The maximum atomic E-state index is 4.13. The summed E-state index contributed by atoms with van der Waals surface area (Å²) in [6, 6.07) is 13.4. The van der Waals surface area contributed by atoms with E-state index in [9.17, 15) is 0 Å². The van der Waals surface area contributed by atoms with E-state index in [0.29, 0.717) is 12.0 Å². The van der Waals surface area contributed by atoms with Gasteiger partial charge in [0, 0.05) is 25.0 Å². The predicted octanol–water partition coefficient (Wildman–Crippen LogP) is 4.13. The summed E-state index contributed by atoms with van der Waals surface area (Å²) in [5, 5.41) is 3.54. The number of hydrogen-bond acceptors (Lipinski definition) is 2. The lowest BCUT2D eigenvalue weighted by molar-refractivity contribution is 0.573. The Morgan fingerprint density at radius 1 is 1.00 bits per heavy atom. The number of rotatable bonds is 6. The van der Waals surface area contributed by atoms with Crippen LogP contribution in [0.25, 0.3) is 0 Å². The molecule has 20 heavy (non-hydrogen) atoms. The van der Waals surface area contributed by atoms with Crippen molar-refractivity contribution in [2.45, 2.75) is 39.8 Å². The minimum absolute atomic E-state index is 0.350. The number of nitrogens with zero attached hydrogens (tertiary/aromatic N) is 1. The van der Waals surface area contributed by atoms with Crippen molar-refractivity contribution in [3.63, 3.8) is 0 Å². The Balaban J connectivity index is 1.90. The predicted molar refractivity (Wildman–Crippen MR) is 84.5 cm³/mol. The van der Waals surface area contributed by atoms with Gasteiger partial charge in [0.2, 0.25) is 0 Å². The average Bonchev–Trinajstić information content (AvgIpc) is 2.46. The Hall–Kier alpha value is -1.67. The van der Waals surface area contributed by atoms with Crippen molar-refractivity contribution < 1.29 is 0 Å². The third-order valence-corrected chi connectivity index (χ3v) is 3.46. The molecule has 0 aliphatic heterocycles.